The van der Waals surface area contributed by atoms with Crippen LogP contribution in [0.25, 0.3) is 10.9 Å². The average molecular weight is 408 g/mol. The van der Waals surface area contributed by atoms with Gasteiger partial charge in [0.15, 0.2) is 5.16 Å². The molecule has 0 spiro atoms. The fraction of sp³-hybridized carbons (Fsp3) is 0.348. The number of benzene rings is 2. The number of hydrogen-bond acceptors (Lipinski definition) is 4. The van der Waals surface area contributed by atoms with Crippen LogP contribution >= 0.6 is 11.8 Å². The van der Waals surface area contributed by atoms with Crippen LogP contribution in [0.2, 0.25) is 0 Å². The van der Waals surface area contributed by atoms with E-state index in [1.165, 1.54) is 22.9 Å². The average Bonchev–Trinajstić information content (AvgIpc) is 2.75. The van der Waals surface area contributed by atoms with E-state index in [4.69, 9.17) is 4.98 Å². The number of carbonyl (C=O) groups is 1. The largest absolute Gasteiger partial charge is 0.337 e. The van der Waals surface area contributed by atoms with Crippen molar-refractivity contribution >= 4 is 28.6 Å². The molecule has 3 aromatic rings. The molecule has 2 heterocycles. The van der Waals surface area contributed by atoms with Crippen LogP contribution in [0.3, 0.4) is 0 Å². The summed E-state index contributed by atoms with van der Waals surface area (Å²) in [6.07, 6.45) is 1.72. The molecule has 1 unspecified atom stereocenters. The number of para-hydroxylation sites is 1. The molecule has 0 bridgehead atoms. The molecule has 4 rings (SSSR count). The molecule has 1 aliphatic rings. The van der Waals surface area contributed by atoms with Crippen LogP contribution in [0.4, 0.5) is 0 Å². The molecule has 6 heteroatoms. The van der Waals surface area contributed by atoms with E-state index in [1.807, 2.05) is 55.1 Å². The third-order valence-electron chi connectivity index (χ3n) is 5.35. The molecule has 0 N–H and O–H groups in total. The molecule has 5 nitrogen and oxygen atoms in total. The van der Waals surface area contributed by atoms with Crippen LogP contribution in [0, 0.1) is 0 Å². The second-order valence-corrected chi connectivity index (χ2v) is 8.71. The molecule has 2 aromatic carbocycles. The number of thioether (sulfide) groups is 1. The molecule has 150 valence electrons. The van der Waals surface area contributed by atoms with Gasteiger partial charge >= 0.3 is 0 Å². The standard InChI is InChI=1S/C23H25N3O2S/c1-3-13-26-22(28)19-10-6-7-11-20(19)24-23(26)29-16(2)21(27)25-14-12-17-8-4-5-9-18(17)15-25/h4-11,16H,3,12-15H2,1-2H3. The first kappa shape index (κ1) is 19.7. The third kappa shape index (κ3) is 3.94. The summed E-state index contributed by atoms with van der Waals surface area (Å²) < 4.78 is 1.71. The Morgan fingerprint density at radius 3 is 2.66 bits per heavy atom. The number of rotatable bonds is 5. The van der Waals surface area contributed by atoms with Crippen molar-refractivity contribution in [3.8, 4) is 0 Å². The van der Waals surface area contributed by atoms with Gasteiger partial charge in [-0.25, -0.2) is 4.98 Å². The number of aromatic nitrogens is 2. The van der Waals surface area contributed by atoms with Crippen molar-refractivity contribution in [2.45, 2.75) is 50.2 Å². The molecule has 1 atom stereocenters. The van der Waals surface area contributed by atoms with Crippen molar-refractivity contribution in [3.05, 3.63) is 70.0 Å². The summed E-state index contributed by atoms with van der Waals surface area (Å²) in [5, 5.41) is 0.933. The fourth-order valence-corrected chi connectivity index (χ4v) is 4.83. The Hall–Kier alpha value is -2.60. The van der Waals surface area contributed by atoms with Gasteiger partial charge in [0.2, 0.25) is 5.91 Å². The van der Waals surface area contributed by atoms with Gasteiger partial charge in [-0.3, -0.25) is 14.2 Å². The van der Waals surface area contributed by atoms with Gasteiger partial charge in [0.25, 0.3) is 5.56 Å². The minimum Gasteiger partial charge on any atom is -0.337 e. The molecule has 0 saturated heterocycles. The summed E-state index contributed by atoms with van der Waals surface area (Å²) in [6, 6.07) is 15.7. The van der Waals surface area contributed by atoms with Crippen LogP contribution in [0.15, 0.2) is 58.5 Å². The molecule has 1 aromatic heterocycles. The van der Waals surface area contributed by atoms with Crippen molar-refractivity contribution in [3.63, 3.8) is 0 Å². The number of fused-ring (bicyclic) bond motifs is 2. The first-order valence-electron chi connectivity index (χ1n) is 10.1. The van der Waals surface area contributed by atoms with Crippen LogP contribution in [-0.2, 0) is 24.3 Å². The summed E-state index contributed by atoms with van der Waals surface area (Å²) in [4.78, 5) is 32.7. The summed E-state index contributed by atoms with van der Waals surface area (Å²) >= 11 is 1.38. The minimum absolute atomic E-state index is 0.0356. The van der Waals surface area contributed by atoms with Gasteiger partial charge in [-0.1, -0.05) is 55.1 Å². The maximum atomic E-state index is 13.1. The third-order valence-corrected chi connectivity index (χ3v) is 6.42. The molecular weight excluding hydrogens is 382 g/mol. The highest BCUT2D eigenvalue weighted by atomic mass is 32.2. The number of nitrogens with zero attached hydrogens (tertiary/aromatic N) is 3. The second-order valence-electron chi connectivity index (χ2n) is 7.41. The van der Waals surface area contributed by atoms with Gasteiger partial charge in [0, 0.05) is 19.6 Å². The molecule has 1 aliphatic heterocycles. The zero-order valence-electron chi connectivity index (χ0n) is 16.8. The van der Waals surface area contributed by atoms with Gasteiger partial charge in [-0.05, 0) is 43.0 Å². The SMILES string of the molecule is CCCn1c(SC(C)C(=O)N2CCc3ccccc3C2)nc2ccccc2c1=O. The van der Waals surface area contributed by atoms with Gasteiger partial charge in [-0.2, -0.15) is 0 Å². The van der Waals surface area contributed by atoms with E-state index in [2.05, 4.69) is 12.1 Å². The Labute approximate surface area is 174 Å². The van der Waals surface area contributed by atoms with Crippen molar-refractivity contribution in [1.82, 2.24) is 14.5 Å². The van der Waals surface area contributed by atoms with Crippen LogP contribution < -0.4 is 5.56 Å². The molecular formula is C23H25N3O2S. The lowest BCUT2D eigenvalue weighted by molar-refractivity contribution is -0.131. The zero-order valence-corrected chi connectivity index (χ0v) is 17.6. The quantitative estimate of drug-likeness (QED) is 0.476. The Bertz CT molecular complexity index is 1110. The summed E-state index contributed by atoms with van der Waals surface area (Å²) in [6.45, 7) is 5.92. The highest BCUT2D eigenvalue weighted by Crippen LogP contribution is 2.26. The summed E-state index contributed by atoms with van der Waals surface area (Å²) in [5.41, 5.74) is 3.19. The lowest BCUT2D eigenvalue weighted by atomic mass is 10.00. The Morgan fingerprint density at radius 1 is 1.14 bits per heavy atom. The van der Waals surface area contributed by atoms with Crippen LogP contribution in [0.5, 0.6) is 0 Å². The van der Waals surface area contributed by atoms with Crippen molar-refractivity contribution in [2.24, 2.45) is 0 Å². The summed E-state index contributed by atoms with van der Waals surface area (Å²) in [7, 11) is 0. The van der Waals surface area contributed by atoms with E-state index >= 15 is 0 Å². The van der Waals surface area contributed by atoms with E-state index in [9.17, 15) is 9.59 Å². The lowest BCUT2D eigenvalue weighted by Crippen LogP contribution is -2.40. The maximum Gasteiger partial charge on any atom is 0.262 e. The van der Waals surface area contributed by atoms with E-state index in [0.717, 1.165) is 19.4 Å². The maximum absolute atomic E-state index is 13.1. The molecule has 0 saturated carbocycles. The van der Waals surface area contributed by atoms with Crippen LogP contribution in [-0.4, -0.2) is 32.2 Å². The Kier molecular flexibility index (Phi) is 5.72. The number of amides is 1. The van der Waals surface area contributed by atoms with E-state index < -0.39 is 0 Å². The second kappa shape index (κ2) is 8.41. The normalized spacial score (nSPS) is 14.6. The molecule has 0 aliphatic carbocycles. The first-order chi connectivity index (χ1) is 14.1. The highest BCUT2D eigenvalue weighted by molar-refractivity contribution is 8.00. The van der Waals surface area contributed by atoms with Crippen molar-refractivity contribution in [2.75, 3.05) is 6.54 Å². The minimum atomic E-state index is -0.309. The number of hydrogen-bond donors (Lipinski definition) is 0. The molecule has 1 amide bonds. The van der Waals surface area contributed by atoms with Crippen molar-refractivity contribution < 1.29 is 4.79 Å². The van der Waals surface area contributed by atoms with E-state index in [0.29, 0.717) is 29.1 Å². The Morgan fingerprint density at radius 2 is 1.86 bits per heavy atom. The summed E-state index contributed by atoms with van der Waals surface area (Å²) in [5.74, 6) is 0.0926. The van der Waals surface area contributed by atoms with Crippen molar-refractivity contribution in [1.29, 1.82) is 0 Å². The highest BCUT2D eigenvalue weighted by Gasteiger charge is 2.26. The lowest BCUT2D eigenvalue weighted by Gasteiger charge is -2.30. The van der Waals surface area contributed by atoms with Gasteiger partial charge < -0.3 is 4.90 Å². The monoisotopic (exact) mass is 407 g/mol. The number of carbonyl (C=O) groups excluding carboxylic acids is 1. The topological polar surface area (TPSA) is 55.2 Å². The molecule has 0 fully saturated rings. The van der Waals surface area contributed by atoms with Crippen LogP contribution in [0.1, 0.15) is 31.4 Å². The predicted molar refractivity (Wildman–Crippen MR) is 117 cm³/mol. The van der Waals surface area contributed by atoms with E-state index in [-0.39, 0.29) is 16.7 Å². The predicted octanol–water partition coefficient (Wildman–Crippen LogP) is 3.87. The first-order valence-corrected chi connectivity index (χ1v) is 11.0. The zero-order chi connectivity index (χ0) is 20.4. The van der Waals surface area contributed by atoms with Gasteiger partial charge in [-0.15, -0.1) is 0 Å². The Balaban J connectivity index is 1.58. The fourth-order valence-electron chi connectivity index (χ4n) is 3.81. The molecule has 29 heavy (non-hydrogen) atoms. The van der Waals surface area contributed by atoms with Gasteiger partial charge in [0.05, 0.1) is 16.2 Å². The molecule has 0 radical (unpaired) electrons. The smallest absolute Gasteiger partial charge is 0.262 e. The van der Waals surface area contributed by atoms with E-state index in [1.54, 1.807) is 4.57 Å². The van der Waals surface area contributed by atoms with Gasteiger partial charge in [0.1, 0.15) is 0 Å².